The molecule has 0 aliphatic carbocycles. The van der Waals surface area contributed by atoms with Gasteiger partial charge in [-0.1, -0.05) is 90.0 Å². The van der Waals surface area contributed by atoms with Gasteiger partial charge >= 0.3 is 0 Å². The average Bonchev–Trinajstić information content (AvgIpc) is 2.85. The quantitative estimate of drug-likeness (QED) is 0.335. The van der Waals surface area contributed by atoms with Gasteiger partial charge in [0.1, 0.15) is 4.90 Å². The second-order valence-corrected chi connectivity index (χ2v) is 9.90. The standard InChI is InChI=1S/C27H23ClN2O3S/c1-19-12-15-23(16-13-19)30-34(32,33)25-18-22(14-17-24(25)28)27(31)29-26(20-8-4-2-5-9-20)21-10-6-3-7-11-21/h2-18,26,30H,1H3,(H,29,31). The molecular weight excluding hydrogens is 468 g/mol. The molecule has 4 rings (SSSR count). The molecule has 0 fully saturated rings. The van der Waals surface area contributed by atoms with Gasteiger partial charge in [-0.05, 0) is 48.4 Å². The van der Waals surface area contributed by atoms with Gasteiger partial charge in [0.15, 0.2) is 0 Å². The normalized spacial score (nSPS) is 11.3. The fourth-order valence-corrected chi connectivity index (χ4v) is 5.13. The summed E-state index contributed by atoms with van der Waals surface area (Å²) in [5, 5.41) is 3.05. The highest BCUT2D eigenvalue weighted by atomic mass is 35.5. The Hall–Kier alpha value is -3.61. The molecule has 0 saturated heterocycles. The zero-order chi connectivity index (χ0) is 24.1. The first-order chi connectivity index (χ1) is 16.3. The number of nitrogens with one attached hydrogen (secondary N) is 2. The number of hydrogen-bond acceptors (Lipinski definition) is 3. The minimum Gasteiger partial charge on any atom is -0.341 e. The first-order valence-corrected chi connectivity index (χ1v) is 12.5. The summed E-state index contributed by atoms with van der Waals surface area (Å²) in [4.78, 5) is 13.1. The molecule has 5 nitrogen and oxygen atoms in total. The van der Waals surface area contributed by atoms with Crippen LogP contribution in [0.5, 0.6) is 0 Å². The van der Waals surface area contributed by atoms with Crippen LogP contribution < -0.4 is 10.0 Å². The lowest BCUT2D eigenvalue weighted by Crippen LogP contribution is -2.29. The smallest absolute Gasteiger partial charge is 0.263 e. The van der Waals surface area contributed by atoms with E-state index in [4.69, 9.17) is 11.6 Å². The van der Waals surface area contributed by atoms with Crippen LogP contribution in [0, 0.1) is 6.92 Å². The first kappa shape index (κ1) is 23.5. The molecule has 0 atom stereocenters. The van der Waals surface area contributed by atoms with Crippen molar-refractivity contribution in [2.24, 2.45) is 0 Å². The van der Waals surface area contributed by atoms with Crippen molar-refractivity contribution in [3.8, 4) is 0 Å². The maximum Gasteiger partial charge on any atom is 0.263 e. The van der Waals surface area contributed by atoms with Crippen molar-refractivity contribution in [1.29, 1.82) is 0 Å². The van der Waals surface area contributed by atoms with Gasteiger partial charge in [-0.3, -0.25) is 9.52 Å². The van der Waals surface area contributed by atoms with E-state index in [1.807, 2.05) is 67.6 Å². The number of carbonyl (C=O) groups is 1. The molecule has 2 N–H and O–H groups in total. The van der Waals surface area contributed by atoms with Crippen molar-refractivity contribution in [2.45, 2.75) is 17.9 Å². The highest BCUT2D eigenvalue weighted by Gasteiger charge is 2.22. The summed E-state index contributed by atoms with van der Waals surface area (Å²) in [6.07, 6.45) is 0. The van der Waals surface area contributed by atoms with Crippen molar-refractivity contribution >= 4 is 33.2 Å². The zero-order valence-electron chi connectivity index (χ0n) is 18.4. The molecule has 172 valence electrons. The number of aryl methyl sites for hydroxylation is 1. The van der Waals surface area contributed by atoms with Crippen LogP contribution in [0.4, 0.5) is 5.69 Å². The number of sulfonamides is 1. The Balaban J connectivity index is 1.63. The topological polar surface area (TPSA) is 75.3 Å². The van der Waals surface area contributed by atoms with Crippen LogP contribution in [0.3, 0.4) is 0 Å². The maximum atomic E-state index is 13.2. The molecule has 34 heavy (non-hydrogen) atoms. The third-order valence-corrected chi connectivity index (χ3v) is 7.19. The molecule has 0 saturated carbocycles. The number of halogens is 1. The summed E-state index contributed by atoms with van der Waals surface area (Å²) in [5.74, 6) is -0.416. The van der Waals surface area contributed by atoms with Crippen molar-refractivity contribution in [3.05, 3.63) is 130 Å². The molecule has 0 aliphatic heterocycles. The lowest BCUT2D eigenvalue weighted by atomic mass is 9.98. The second kappa shape index (κ2) is 10.1. The summed E-state index contributed by atoms with van der Waals surface area (Å²) in [6.45, 7) is 1.91. The van der Waals surface area contributed by atoms with Gasteiger partial charge in [-0.25, -0.2) is 8.42 Å². The third-order valence-electron chi connectivity index (χ3n) is 5.33. The van der Waals surface area contributed by atoms with E-state index >= 15 is 0 Å². The van der Waals surface area contributed by atoms with Gasteiger partial charge in [0, 0.05) is 11.3 Å². The molecule has 4 aromatic rings. The van der Waals surface area contributed by atoms with Crippen LogP contribution in [0.2, 0.25) is 5.02 Å². The molecule has 1 amide bonds. The van der Waals surface area contributed by atoms with Gasteiger partial charge in [0.25, 0.3) is 15.9 Å². The molecule has 4 aromatic carbocycles. The highest BCUT2D eigenvalue weighted by Crippen LogP contribution is 2.27. The summed E-state index contributed by atoms with van der Waals surface area (Å²) < 4.78 is 28.6. The number of benzene rings is 4. The lowest BCUT2D eigenvalue weighted by Gasteiger charge is -2.20. The van der Waals surface area contributed by atoms with E-state index in [-0.39, 0.29) is 15.5 Å². The molecule has 0 aromatic heterocycles. The third kappa shape index (κ3) is 5.47. The molecule has 0 unspecified atom stereocenters. The van der Waals surface area contributed by atoms with Crippen LogP contribution in [0.1, 0.15) is 33.1 Å². The Morgan fingerprint density at radius 3 is 1.91 bits per heavy atom. The summed E-state index contributed by atoms with van der Waals surface area (Å²) >= 11 is 6.22. The van der Waals surface area contributed by atoms with Crippen LogP contribution in [-0.2, 0) is 10.0 Å². The Morgan fingerprint density at radius 1 is 0.794 bits per heavy atom. The fraction of sp³-hybridized carbons (Fsp3) is 0.0741. The van der Waals surface area contributed by atoms with E-state index in [2.05, 4.69) is 10.0 Å². The maximum absolute atomic E-state index is 13.2. The number of hydrogen-bond donors (Lipinski definition) is 2. The second-order valence-electron chi connectivity index (χ2n) is 7.84. The van der Waals surface area contributed by atoms with E-state index in [1.165, 1.54) is 18.2 Å². The predicted octanol–water partition coefficient (Wildman–Crippen LogP) is 5.97. The van der Waals surface area contributed by atoms with Crippen LogP contribution >= 0.6 is 11.6 Å². The molecule has 0 aliphatic rings. The van der Waals surface area contributed by atoms with E-state index < -0.39 is 22.0 Å². The van der Waals surface area contributed by atoms with Gasteiger partial charge in [-0.15, -0.1) is 0 Å². The SMILES string of the molecule is Cc1ccc(NS(=O)(=O)c2cc(C(=O)NC(c3ccccc3)c3ccccc3)ccc2Cl)cc1. The summed E-state index contributed by atoms with van der Waals surface area (Å²) in [6, 6.07) is 29.9. The van der Waals surface area contributed by atoms with Crippen molar-refractivity contribution < 1.29 is 13.2 Å². The van der Waals surface area contributed by atoms with Crippen molar-refractivity contribution in [3.63, 3.8) is 0 Å². The van der Waals surface area contributed by atoms with Crippen LogP contribution in [0.15, 0.2) is 108 Å². The zero-order valence-corrected chi connectivity index (χ0v) is 20.0. The molecule has 0 heterocycles. The molecule has 0 spiro atoms. The molecule has 0 radical (unpaired) electrons. The largest absolute Gasteiger partial charge is 0.341 e. The van der Waals surface area contributed by atoms with Gasteiger partial charge in [0.05, 0.1) is 11.1 Å². The van der Waals surface area contributed by atoms with Crippen LogP contribution in [-0.4, -0.2) is 14.3 Å². The van der Waals surface area contributed by atoms with Gasteiger partial charge in [0.2, 0.25) is 0 Å². The monoisotopic (exact) mass is 490 g/mol. The highest BCUT2D eigenvalue weighted by molar-refractivity contribution is 7.92. The Morgan fingerprint density at radius 2 is 1.35 bits per heavy atom. The van der Waals surface area contributed by atoms with Crippen molar-refractivity contribution in [1.82, 2.24) is 5.32 Å². The minimum absolute atomic E-state index is 0.0267. The molecule has 7 heteroatoms. The van der Waals surface area contributed by atoms with Gasteiger partial charge < -0.3 is 5.32 Å². The van der Waals surface area contributed by atoms with E-state index in [9.17, 15) is 13.2 Å². The predicted molar refractivity (Wildman–Crippen MR) is 136 cm³/mol. The first-order valence-electron chi connectivity index (χ1n) is 10.6. The summed E-state index contributed by atoms with van der Waals surface area (Å²) in [7, 11) is -4.01. The Kier molecular flexibility index (Phi) is 7.01. The number of anilines is 1. The Bertz CT molecular complexity index is 1350. The van der Waals surface area contributed by atoms with E-state index in [0.29, 0.717) is 5.69 Å². The number of amides is 1. The van der Waals surface area contributed by atoms with E-state index in [0.717, 1.165) is 16.7 Å². The summed E-state index contributed by atoms with van der Waals surface area (Å²) in [5.41, 5.74) is 3.41. The van der Waals surface area contributed by atoms with Gasteiger partial charge in [-0.2, -0.15) is 0 Å². The Labute approximate surface area is 204 Å². The average molecular weight is 491 g/mol. The number of rotatable bonds is 7. The van der Waals surface area contributed by atoms with Crippen LogP contribution in [0.25, 0.3) is 0 Å². The fourth-order valence-electron chi connectivity index (χ4n) is 3.55. The molecular formula is C27H23ClN2O3S. The number of carbonyl (C=O) groups excluding carboxylic acids is 1. The van der Waals surface area contributed by atoms with Crippen molar-refractivity contribution in [2.75, 3.05) is 4.72 Å². The molecule has 0 bridgehead atoms. The lowest BCUT2D eigenvalue weighted by molar-refractivity contribution is 0.0942. The minimum atomic E-state index is -4.01. The van der Waals surface area contributed by atoms with E-state index in [1.54, 1.807) is 24.3 Å².